The Bertz CT molecular complexity index is 704. The van der Waals surface area contributed by atoms with E-state index in [2.05, 4.69) is 15.6 Å². The number of hydrogen-bond donors (Lipinski definition) is 3. The molecule has 6 nitrogen and oxygen atoms in total. The lowest BCUT2D eigenvalue weighted by atomic mass is 10.2. The molecule has 0 unspecified atom stereocenters. The molecule has 2 rings (SSSR count). The first kappa shape index (κ1) is 14.4. The van der Waals surface area contributed by atoms with Gasteiger partial charge in [-0.05, 0) is 37.3 Å². The van der Waals surface area contributed by atoms with Crippen molar-refractivity contribution in [1.29, 1.82) is 0 Å². The van der Waals surface area contributed by atoms with Gasteiger partial charge < -0.3 is 15.7 Å². The fraction of sp³-hybridized carbons (Fsp3) is 0.0714. The lowest BCUT2D eigenvalue weighted by Crippen LogP contribution is -2.21. The van der Waals surface area contributed by atoms with E-state index in [9.17, 15) is 14.0 Å². The average molecular weight is 289 g/mol. The maximum atomic E-state index is 13.7. The minimum absolute atomic E-state index is 0.112. The van der Waals surface area contributed by atoms with Crippen LogP contribution in [0.5, 0.6) is 0 Å². The molecule has 0 radical (unpaired) electrons. The highest BCUT2D eigenvalue weighted by molar-refractivity contribution is 6.00. The predicted molar refractivity (Wildman–Crippen MR) is 75.0 cm³/mol. The number of anilines is 2. The van der Waals surface area contributed by atoms with Crippen molar-refractivity contribution in [3.8, 4) is 0 Å². The van der Waals surface area contributed by atoms with Gasteiger partial charge in [-0.1, -0.05) is 0 Å². The first-order valence-corrected chi connectivity index (χ1v) is 6.00. The summed E-state index contributed by atoms with van der Waals surface area (Å²) in [6.45, 7) is 1.72. The number of aryl methyl sites for hydroxylation is 1. The van der Waals surface area contributed by atoms with Gasteiger partial charge in [0.1, 0.15) is 5.82 Å². The lowest BCUT2D eigenvalue weighted by molar-refractivity contribution is 0.0696. The van der Waals surface area contributed by atoms with Crippen LogP contribution >= 0.6 is 0 Å². The summed E-state index contributed by atoms with van der Waals surface area (Å²) in [4.78, 5) is 26.5. The average Bonchev–Trinajstić information content (AvgIpc) is 2.43. The number of nitrogens with one attached hydrogen (secondary N) is 2. The number of aromatic carboxylic acids is 1. The van der Waals surface area contributed by atoms with Crippen molar-refractivity contribution in [1.82, 2.24) is 4.98 Å². The molecule has 3 N–H and O–H groups in total. The normalized spacial score (nSPS) is 10.0. The van der Waals surface area contributed by atoms with E-state index >= 15 is 0 Å². The van der Waals surface area contributed by atoms with Crippen LogP contribution in [0.1, 0.15) is 16.1 Å². The first-order chi connectivity index (χ1) is 9.97. The van der Waals surface area contributed by atoms with Crippen LogP contribution in [0.2, 0.25) is 0 Å². The summed E-state index contributed by atoms with van der Waals surface area (Å²) >= 11 is 0. The van der Waals surface area contributed by atoms with Gasteiger partial charge in [0.15, 0.2) is 0 Å². The minimum Gasteiger partial charge on any atom is -0.478 e. The largest absolute Gasteiger partial charge is 0.478 e. The number of carbonyl (C=O) groups excluding carboxylic acids is 1. The molecule has 2 aromatic rings. The summed E-state index contributed by atoms with van der Waals surface area (Å²) in [5.41, 5.74) is 0.813. The highest BCUT2D eigenvalue weighted by atomic mass is 19.1. The highest BCUT2D eigenvalue weighted by Gasteiger charge is 2.11. The number of urea groups is 1. The number of halogens is 1. The lowest BCUT2D eigenvalue weighted by Gasteiger charge is -2.10. The Balaban J connectivity index is 2.10. The second-order valence-electron chi connectivity index (χ2n) is 4.22. The van der Waals surface area contributed by atoms with E-state index in [1.54, 1.807) is 25.3 Å². The van der Waals surface area contributed by atoms with Crippen LogP contribution in [-0.4, -0.2) is 22.1 Å². The first-order valence-electron chi connectivity index (χ1n) is 6.00. The van der Waals surface area contributed by atoms with Crippen molar-refractivity contribution in [2.45, 2.75) is 6.92 Å². The smallest absolute Gasteiger partial charge is 0.335 e. The number of carbonyl (C=O) groups is 2. The van der Waals surface area contributed by atoms with Crippen LogP contribution in [0.4, 0.5) is 20.6 Å². The third kappa shape index (κ3) is 3.53. The van der Waals surface area contributed by atoms with E-state index in [-0.39, 0.29) is 11.3 Å². The summed E-state index contributed by atoms with van der Waals surface area (Å²) in [6, 6.07) is 5.91. The standard InChI is InChI=1S/C14H12FN3O3/c1-8-11(3-2-6-16-8)17-14(21)18-12-5-4-9(13(19)20)7-10(12)15/h2-7H,1H3,(H,19,20)(H2,17,18,21). The quantitative estimate of drug-likeness (QED) is 0.810. The number of hydrogen-bond acceptors (Lipinski definition) is 3. The number of carboxylic acid groups (broad SMARTS) is 1. The third-order valence-corrected chi connectivity index (χ3v) is 2.72. The van der Waals surface area contributed by atoms with Crippen LogP contribution in [0.25, 0.3) is 0 Å². The molecular formula is C14H12FN3O3. The molecule has 7 heteroatoms. The van der Waals surface area contributed by atoms with Crippen LogP contribution in [0, 0.1) is 12.7 Å². The van der Waals surface area contributed by atoms with E-state index in [4.69, 9.17) is 5.11 Å². The Morgan fingerprint density at radius 2 is 1.90 bits per heavy atom. The maximum Gasteiger partial charge on any atom is 0.335 e. The molecule has 0 atom stereocenters. The van der Waals surface area contributed by atoms with Gasteiger partial charge >= 0.3 is 12.0 Å². The number of aromatic nitrogens is 1. The summed E-state index contributed by atoms with van der Waals surface area (Å²) in [6.07, 6.45) is 1.59. The number of nitrogens with zero attached hydrogens (tertiary/aromatic N) is 1. The van der Waals surface area contributed by atoms with Gasteiger partial charge in [0.2, 0.25) is 0 Å². The van der Waals surface area contributed by atoms with Gasteiger partial charge in [0.05, 0.1) is 22.6 Å². The van der Waals surface area contributed by atoms with E-state index < -0.39 is 17.8 Å². The summed E-state index contributed by atoms with van der Waals surface area (Å²) < 4.78 is 13.7. The van der Waals surface area contributed by atoms with E-state index in [0.29, 0.717) is 11.4 Å². The van der Waals surface area contributed by atoms with Crippen LogP contribution < -0.4 is 10.6 Å². The number of rotatable bonds is 3. The van der Waals surface area contributed by atoms with Gasteiger partial charge in [0, 0.05) is 6.20 Å². The van der Waals surface area contributed by atoms with Crippen molar-refractivity contribution in [2.75, 3.05) is 10.6 Å². The molecule has 0 aliphatic rings. The topological polar surface area (TPSA) is 91.3 Å². The van der Waals surface area contributed by atoms with Crippen molar-refractivity contribution >= 4 is 23.4 Å². The Morgan fingerprint density at radius 3 is 2.52 bits per heavy atom. The third-order valence-electron chi connectivity index (χ3n) is 2.72. The molecule has 0 fully saturated rings. The van der Waals surface area contributed by atoms with Gasteiger partial charge in [0.25, 0.3) is 0 Å². The van der Waals surface area contributed by atoms with Gasteiger partial charge in [-0.25, -0.2) is 14.0 Å². The van der Waals surface area contributed by atoms with Crippen molar-refractivity contribution in [2.24, 2.45) is 0 Å². The fourth-order valence-electron chi connectivity index (χ4n) is 1.64. The molecule has 2 amide bonds. The molecular weight excluding hydrogens is 277 g/mol. The van der Waals surface area contributed by atoms with E-state index in [0.717, 1.165) is 6.07 Å². The van der Waals surface area contributed by atoms with E-state index in [1.807, 2.05) is 0 Å². The molecule has 1 heterocycles. The summed E-state index contributed by atoms with van der Waals surface area (Å²) in [5, 5.41) is 13.6. The van der Waals surface area contributed by atoms with Gasteiger partial charge in [-0.3, -0.25) is 4.98 Å². The predicted octanol–water partition coefficient (Wildman–Crippen LogP) is 2.87. The fourth-order valence-corrected chi connectivity index (χ4v) is 1.64. The van der Waals surface area contributed by atoms with Crippen LogP contribution in [0.15, 0.2) is 36.5 Å². The molecule has 21 heavy (non-hydrogen) atoms. The second kappa shape index (κ2) is 6.00. The Labute approximate surface area is 119 Å². The Morgan fingerprint density at radius 1 is 1.19 bits per heavy atom. The second-order valence-corrected chi connectivity index (χ2v) is 4.22. The van der Waals surface area contributed by atoms with Crippen LogP contribution in [-0.2, 0) is 0 Å². The molecule has 0 saturated heterocycles. The molecule has 1 aromatic carbocycles. The Kier molecular flexibility index (Phi) is 4.13. The zero-order valence-electron chi connectivity index (χ0n) is 11.1. The highest BCUT2D eigenvalue weighted by Crippen LogP contribution is 2.17. The summed E-state index contributed by atoms with van der Waals surface area (Å²) in [7, 11) is 0. The Hall–Kier alpha value is -2.96. The maximum absolute atomic E-state index is 13.7. The zero-order valence-corrected chi connectivity index (χ0v) is 11.1. The number of amides is 2. The molecule has 0 spiro atoms. The molecule has 108 valence electrons. The van der Waals surface area contributed by atoms with Gasteiger partial charge in [-0.15, -0.1) is 0 Å². The number of benzene rings is 1. The SMILES string of the molecule is Cc1ncccc1NC(=O)Nc1ccc(C(=O)O)cc1F. The van der Waals surface area contributed by atoms with Crippen molar-refractivity contribution < 1.29 is 19.1 Å². The molecule has 0 bridgehead atoms. The van der Waals surface area contributed by atoms with E-state index in [1.165, 1.54) is 12.1 Å². The minimum atomic E-state index is -1.24. The van der Waals surface area contributed by atoms with Crippen LogP contribution in [0.3, 0.4) is 0 Å². The summed E-state index contributed by atoms with van der Waals surface area (Å²) in [5.74, 6) is -2.07. The molecule has 0 saturated carbocycles. The zero-order chi connectivity index (χ0) is 15.4. The van der Waals surface area contributed by atoms with Gasteiger partial charge in [-0.2, -0.15) is 0 Å². The number of pyridine rings is 1. The van der Waals surface area contributed by atoms with Crippen molar-refractivity contribution in [3.63, 3.8) is 0 Å². The molecule has 1 aromatic heterocycles. The molecule has 0 aliphatic carbocycles. The number of carboxylic acids is 1. The monoisotopic (exact) mass is 289 g/mol. The van der Waals surface area contributed by atoms with Crippen molar-refractivity contribution in [3.05, 3.63) is 53.6 Å². The molecule has 0 aliphatic heterocycles.